The number of rotatable bonds is 8. The monoisotopic (exact) mass is 252 g/mol. The molecule has 2 unspecified atom stereocenters. The Hall–Kier alpha value is -1.05. The Kier molecular flexibility index (Phi) is 9.35. The number of hydrogen-bond donors (Lipinski definition) is 0. The van der Waals surface area contributed by atoms with Crippen molar-refractivity contribution in [1.82, 2.24) is 0 Å². The van der Waals surface area contributed by atoms with Gasteiger partial charge < -0.3 is 4.74 Å². The molecule has 0 aromatic heterocycles. The Morgan fingerprint density at radius 1 is 1.22 bits per heavy atom. The van der Waals surface area contributed by atoms with Crippen LogP contribution >= 0.6 is 0 Å². The van der Waals surface area contributed by atoms with Crippen molar-refractivity contribution in [2.45, 2.75) is 53.9 Å². The van der Waals surface area contributed by atoms with E-state index in [0.717, 1.165) is 11.5 Å². The summed E-state index contributed by atoms with van der Waals surface area (Å²) in [6, 6.07) is 0. The lowest BCUT2D eigenvalue weighted by molar-refractivity contribution is -0.137. The average Bonchev–Trinajstić information content (AvgIpc) is 2.33. The van der Waals surface area contributed by atoms with Crippen LogP contribution in [-0.4, -0.2) is 12.6 Å². The summed E-state index contributed by atoms with van der Waals surface area (Å²) in [7, 11) is 0. The first kappa shape index (κ1) is 16.9. The summed E-state index contributed by atoms with van der Waals surface area (Å²) in [6.45, 7) is 10.9. The summed E-state index contributed by atoms with van der Waals surface area (Å²) in [6.07, 6.45) is 9.45. The third kappa shape index (κ3) is 9.03. The van der Waals surface area contributed by atoms with Crippen molar-refractivity contribution < 1.29 is 9.53 Å². The van der Waals surface area contributed by atoms with Gasteiger partial charge in [-0.1, -0.05) is 45.8 Å². The molecule has 18 heavy (non-hydrogen) atoms. The van der Waals surface area contributed by atoms with Gasteiger partial charge in [-0.05, 0) is 37.7 Å². The molecule has 0 aromatic rings. The summed E-state index contributed by atoms with van der Waals surface area (Å²) >= 11 is 0. The van der Waals surface area contributed by atoms with Gasteiger partial charge in [0.05, 0.1) is 6.61 Å². The predicted octanol–water partition coefficient (Wildman–Crippen LogP) is 4.51. The lowest BCUT2D eigenvalue weighted by atomic mass is 9.96. The predicted molar refractivity (Wildman–Crippen MR) is 77.4 cm³/mol. The van der Waals surface area contributed by atoms with E-state index in [1.165, 1.54) is 19.3 Å². The van der Waals surface area contributed by atoms with E-state index in [9.17, 15) is 4.79 Å². The molecule has 0 aliphatic carbocycles. The lowest BCUT2D eigenvalue weighted by Crippen LogP contribution is -2.00. The Bertz CT molecular complexity index is 289. The molecular formula is C16H28O2. The third-order valence-corrected chi connectivity index (χ3v) is 3.13. The second-order valence-electron chi connectivity index (χ2n) is 5.07. The SMILES string of the molecule is CCOC(=O)/C=C(C)/C=C/C(C)CCC(C)CC. The largest absolute Gasteiger partial charge is 0.463 e. The highest BCUT2D eigenvalue weighted by atomic mass is 16.5. The molecule has 0 aliphatic heterocycles. The highest BCUT2D eigenvalue weighted by Gasteiger charge is 2.02. The van der Waals surface area contributed by atoms with Gasteiger partial charge in [0.1, 0.15) is 0 Å². The van der Waals surface area contributed by atoms with E-state index in [4.69, 9.17) is 4.74 Å². The van der Waals surface area contributed by atoms with E-state index < -0.39 is 0 Å². The molecule has 104 valence electrons. The molecule has 0 heterocycles. The molecule has 0 N–H and O–H groups in total. The molecule has 0 rings (SSSR count). The van der Waals surface area contributed by atoms with Gasteiger partial charge in [-0.2, -0.15) is 0 Å². The molecule has 0 bridgehead atoms. The van der Waals surface area contributed by atoms with Crippen LogP contribution < -0.4 is 0 Å². The molecule has 0 amide bonds. The molecule has 0 aromatic carbocycles. The Morgan fingerprint density at radius 3 is 2.44 bits per heavy atom. The molecule has 0 saturated heterocycles. The number of hydrogen-bond acceptors (Lipinski definition) is 2. The first-order valence-electron chi connectivity index (χ1n) is 7.02. The van der Waals surface area contributed by atoms with Crippen molar-refractivity contribution in [3.05, 3.63) is 23.8 Å². The van der Waals surface area contributed by atoms with Gasteiger partial charge in [-0.25, -0.2) is 4.79 Å². The fraction of sp³-hybridized carbons (Fsp3) is 0.688. The van der Waals surface area contributed by atoms with E-state index in [1.54, 1.807) is 6.08 Å². The van der Waals surface area contributed by atoms with E-state index in [0.29, 0.717) is 12.5 Å². The average molecular weight is 252 g/mol. The summed E-state index contributed by atoms with van der Waals surface area (Å²) in [5, 5.41) is 0. The normalized spacial score (nSPS) is 15.7. The van der Waals surface area contributed by atoms with E-state index in [1.807, 2.05) is 19.9 Å². The molecule has 0 saturated carbocycles. The molecule has 2 atom stereocenters. The molecule has 0 spiro atoms. The quantitative estimate of drug-likeness (QED) is 0.361. The maximum atomic E-state index is 11.2. The molecule has 2 nitrogen and oxygen atoms in total. The summed E-state index contributed by atoms with van der Waals surface area (Å²) < 4.78 is 4.86. The summed E-state index contributed by atoms with van der Waals surface area (Å²) in [4.78, 5) is 11.2. The van der Waals surface area contributed by atoms with Crippen LogP contribution in [0.1, 0.15) is 53.9 Å². The Morgan fingerprint density at radius 2 is 1.89 bits per heavy atom. The van der Waals surface area contributed by atoms with Crippen LogP contribution in [0, 0.1) is 11.8 Å². The van der Waals surface area contributed by atoms with Crippen molar-refractivity contribution in [3.8, 4) is 0 Å². The number of carbonyl (C=O) groups is 1. The highest BCUT2D eigenvalue weighted by Crippen LogP contribution is 2.16. The van der Waals surface area contributed by atoms with Crippen LogP contribution in [0.4, 0.5) is 0 Å². The van der Waals surface area contributed by atoms with Crippen molar-refractivity contribution in [2.75, 3.05) is 6.61 Å². The molecule has 0 radical (unpaired) electrons. The van der Waals surface area contributed by atoms with Crippen LogP contribution in [0.25, 0.3) is 0 Å². The van der Waals surface area contributed by atoms with Gasteiger partial charge in [0.2, 0.25) is 0 Å². The number of esters is 1. The topological polar surface area (TPSA) is 26.3 Å². The van der Waals surface area contributed by atoms with Crippen molar-refractivity contribution in [1.29, 1.82) is 0 Å². The van der Waals surface area contributed by atoms with E-state index in [-0.39, 0.29) is 5.97 Å². The number of carbonyl (C=O) groups excluding carboxylic acids is 1. The highest BCUT2D eigenvalue weighted by molar-refractivity contribution is 5.83. The maximum absolute atomic E-state index is 11.2. The standard InChI is InChI=1S/C16H28O2/c1-6-13(3)8-9-14(4)10-11-15(5)12-16(17)18-7-2/h10-14H,6-9H2,1-5H3/b11-10+,15-12+. The van der Waals surface area contributed by atoms with Gasteiger partial charge in [-0.3, -0.25) is 0 Å². The maximum Gasteiger partial charge on any atom is 0.330 e. The Labute approximate surface area is 112 Å². The second kappa shape index (κ2) is 9.93. The van der Waals surface area contributed by atoms with Crippen LogP contribution in [0.5, 0.6) is 0 Å². The van der Waals surface area contributed by atoms with E-state index in [2.05, 4.69) is 26.8 Å². The van der Waals surface area contributed by atoms with Gasteiger partial charge in [0.15, 0.2) is 0 Å². The van der Waals surface area contributed by atoms with Gasteiger partial charge >= 0.3 is 5.97 Å². The summed E-state index contributed by atoms with van der Waals surface area (Å²) in [5.41, 5.74) is 0.948. The lowest BCUT2D eigenvalue weighted by Gasteiger charge is -2.10. The van der Waals surface area contributed by atoms with Gasteiger partial charge in [0.25, 0.3) is 0 Å². The fourth-order valence-corrected chi connectivity index (χ4v) is 1.58. The first-order valence-corrected chi connectivity index (χ1v) is 7.02. The van der Waals surface area contributed by atoms with Gasteiger partial charge in [0, 0.05) is 6.08 Å². The van der Waals surface area contributed by atoms with Crippen LogP contribution in [-0.2, 0) is 9.53 Å². The molecule has 0 aliphatic rings. The first-order chi connectivity index (χ1) is 8.49. The number of allylic oxidation sites excluding steroid dienone is 3. The van der Waals surface area contributed by atoms with Crippen LogP contribution in [0.15, 0.2) is 23.8 Å². The van der Waals surface area contributed by atoms with Gasteiger partial charge in [-0.15, -0.1) is 0 Å². The molecule has 0 fully saturated rings. The zero-order chi connectivity index (χ0) is 14.0. The zero-order valence-electron chi connectivity index (χ0n) is 12.5. The van der Waals surface area contributed by atoms with Crippen LogP contribution in [0.2, 0.25) is 0 Å². The van der Waals surface area contributed by atoms with Crippen molar-refractivity contribution in [3.63, 3.8) is 0 Å². The minimum Gasteiger partial charge on any atom is -0.463 e. The smallest absolute Gasteiger partial charge is 0.330 e. The van der Waals surface area contributed by atoms with E-state index >= 15 is 0 Å². The second-order valence-corrected chi connectivity index (χ2v) is 5.07. The molecule has 2 heteroatoms. The third-order valence-electron chi connectivity index (χ3n) is 3.13. The number of ether oxygens (including phenoxy) is 1. The Balaban J connectivity index is 4.08. The fourth-order valence-electron chi connectivity index (χ4n) is 1.58. The van der Waals surface area contributed by atoms with Crippen LogP contribution in [0.3, 0.4) is 0 Å². The molecular weight excluding hydrogens is 224 g/mol. The van der Waals surface area contributed by atoms with Crippen molar-refractivity contribution >= 4 is 5.97 Å². The minimum absolute atomic E-state index is 0.257. The minimum atomic E-state index is -0.257. The van der Waals surface area contributed by atoms with Crippen molar-refractivity contribution in [2.24, 2.45) is 11.8 Å². The zero-order valence-corrected chi connectivity index (χ0v) is 12.5. The summed E-state index contributed by atoms with van der Waals surface area (Å²) in [5.74, 6) is 1.11.